The fourth-order valence-electron chi connectivity index (χ4n) is 3.09. The normalized spacial score (nSPS) is 16.6. The van der Waals surface area contributed by atoms with Gasteiger partial charge in [-0.15, -0.1) is 0 Å². The van der Waals surface area contributed by atoms with E-state index < -0.39 is 21.8 Å². The molecule has 0 radical (unpaired) electrons. The van der Waals surface area contributed by atoms with Crippen molar-refractivity contribution in [3.63, 3.8) is 0 Å². The summed E-state index contributed by atoms with van der Waals surface area (Å²) in [6.45, 7) is 2.10. The predicted octanol–water partition coefficient (Wildman–Crippen LogP) is 3.08. The Hall–Kier alpha value is -2.41. The van der Waals surface area contributed by atoms with E-state index in [0.29, 0.717) is 25.2 Å². The van der Waals surface area contributed by atoms with Gasteiger partial charge in [0, 0.05) is 32.7 Å². The van der Waals surface area contributed by atoms with Crippen LogP contribution in [0.4, 0.5) is 13.2 Å². The second-order valence-electron chi connectivity index (χ2n) is 6.51. The molecule has 0 aromatic heterocycles. The molecule has 148 valence electrons. The topological polar surface area (TPSA) is 64.4 Å². The number of nitrogens with zero attached hydrogens (tertiary/aromatic N) is 3. The number of sulfonamides is 1. The van der Waals surface area contributed by atoms with E-state index in [-0.39, 0.29) is 18.0 Å². The molecule has 1 heterocycles. The van der Waals surface area contributed by atoms with Crippen molar-refractivity contribution in [3.8, 4) is 6.07 Å². The van der Waals surface area contributed by atoms with Gasteiger partial charge in [0.25, 0.3) is 0 Å². The Morgan fingerprint density at radius 2 is 1.64 bits per heavy atom. The standard InChI is InChI=1S/C19H18F3N3O2S/c20-19(21,22)17-4-6-18(7-5-17)28(26,27)25-10-8-24(9-11-25)14-16-3-1-2-15(12-16)13-23/h1-7,12H,8-11,14H2. The van der Waals surface area contributed by atoms with Crippen molar-refractivity contribution in [3.05, 3.63) is 65.2 Å². The van der Waals surface area contributed by atoms with Crippen molar-refractivity contribution in [2.45, 2.75) is 17.6 Å². The average Bonchev–Trinajstić information content (AvgIpc) is 2.68. The third-order valence-corrected chi connectivity index (χ3v) is 6.53. The summed E-state index contributed by atoms with van der Waals surface area (Å²) >= 11 is 0. The summed E-state index contributed by atoms with van der Waals surface area (Å²) < 4.78 is 64.6. The van der Waals surface area contributed by atoms with E-state index in [1.807, 2.05) is 6.07 Å². The molecule has 0 bridgehead atoms. The van der Waals surface area contributed by atoms with Gasteiger partial charge < -0.3 is 0 Å². The van der Waals surface area contributed by atoms with Crippen LogP contribution in [-0.4, -0.2) is 43.8 Å². The highest BCUT2D eigenvalue weighted by Gasteiger charge is 2.32. The molecule has 0 aliphatic carbocycles. The summed E-state index contributed by atoms with van der Waals surface area (Å²) in [6, 6.07) is 12.9. The summed E-state index contributed by atoms with van der Waals surface area (Å²) in [5, 5.41) is 8.96. The van der Waals surface area contributed by atoms with Gasteiger partial charge >= 0.3 is 6.18 Å². The fraction of sp³-hybridized carbons (Fsp3) is 0.316. The van der Waals surface area contributed by atoms with Crippen molar-refractivity contribution < 1.29 is 21.6 Å². The van der Waals surface area contributed by atoms with E-state index in [1.54, 1.807) is 18.2 Å². The molecule has 1 aliphatic rings. The van der Waals surface area contributed by atoms with Crippen molar-refractivity contribution in [1.29, 1.82) is 5.26 Å². The third-order valence-electron chi connectivity index (χ3n) is 4.61. The predicted molar refractivity (Wildman–Crippen MR) is 96.6 cm³/mol. The molecule has 28 heavy (non-hydrogen) atoms. The molecule has 2 aromatic rings. The zero-order valence-corrected chi connectivity index (χ0v) is 15.7. The maximum absolute atomic E-state index is 12.7. The van der Waals surface area contributed by atoms with Crippen LogP contribution in [0.1, 0.15) is 16.7 Å². The van der Waals surface area contributed by atoms with Crippen LogP contribution >= 0.6 is 0 Å². The maximum atomic E-state index is 12.7. The van der Waals surface area contributed by atoms with Gasteiger partial charge in [0.2, 0.25) is 10.0 Å². The smallest absolute Gasteiger partial charge is 0.296 e. The minimum absolute atomic E-state index is 0.143. The molecule has 0 saturated carbocycles. The Balaban J connectivity index is 1.64. The molecule has 1 saturated heterocycles. The number of hydrogen-bond acceptors (Lipinski definition) is 4. The highest BCUT2D eigenvalue weighted by Crippen LogP contribution is 2.30. The van der Waals surface area contributed by atoms with Crippen LogP contribution in [0.5, 0.6) is 0 Å². The van der Waals surface area contributed by atoms with Crippen LogP contribution < -0.4 is 0 Å². The molecular weight excluding hydrogens is 391 g/mol. The highest BCUT2D eigenvalue weighted by molar-refractivity contribution is 7.89. The number of benzene rings is 2. The first-order valence-corrected chi connectivity index (χ1v) is 10.0. The van der Waals surface area contributed by atoms with Crippen LogP contribution in [0.2, 0.25) is 0 Å². The highest BCUT2D eigenvalue weighted by atomic mass is 32.2. The summed E-state index contributed by atoms with van der Waals surface area (Å²) in [5.74, 6) is 0. The first-order valence-electron chi connectivity index (χ1n) is 8.59. The molecule has 0 atom stereocenters. The van der Waals surface area contributed by atoms with Crippen molar-refractivity contribution >= 4 is 10.0 Å². The molecule has 3 rings (SSSR count). The zero-order chi connectivity index (χ0) is 20.4. The lowest BCUT2D eigenvalue weighted by atomic mass is 10.1. The second-order valence-corrected chi connectivity index (χ2v) is 8.45. The Morgan fingerprint density at radius 3 is 2.21 bits per heavy atom. The van der Waals surface area contributed by atoms with Crippen LogP contribution in [0.3, 0.4) is 0 Å². The zero-order valence-electron chi connectivity index (χ0n) is 14.9. The van der Waals surface area contributed by atoms with E-state index >= 15 is 0 Å². The van der Waals surface area contributed by atoms with Crippen LogP contribution in [-0.2, 0) is 22.7 Å². The number of hydrogen-bond donors (Lipinski definition) is 0. The Morgan fingerprint density at radius 1 is 1.00 bits per heavy atom. The quantitative estimate of drug-likeness (QED) is 0.779. The Labute approximate surface area is 161 Å². The van der Waals surface area contributed by atoms with Crippen LogP contribution in [0.25, 0.3) is 0 Å². The first kappa shape index (κ1) is 20.3. The number of nitriles is 1. The first-order chi connectivity index (χ1) is 13.2. The monoisotopic (exact) mass is 409 g/mol. The van der Waals surface area contributed by atoms with E-state index in [2.05, 4.69) is 11.0 Å². The Kier molecular flexibility index (Phi) is 5.74. The van der Waals surface area contributed by atoms with Gasteiger partial charge in [-0.05, 0) is 42.0 Å². The number of alkyl halides is 3. The SMILES string of the molecule is N#Cc1cccc(CN2CCN(S(=O)(=O)c3ccc(C(F)(F)F)cc3)CC2)c1. The van der Waals surface area contributed by atoms with E-state index in [9.17, 15) is 21.6 Å². The van der Waals surface area contributed by atoms with Gasteiger partial charge in [0.05, 0.1) is 22.1 Å². The summed E-state index contributed by atoms with van der Waals surface area (Å²) in [6.07, 6.45) is -4.50. The van der Waals surface area contributed by atoms with Crippen molar-refractivity contribution in [2.24, 2.45) is 0 Å². The number of rotatable bonds is 4. The molecule has 1 aliphatic heterocycles. The van der Waals surface area contributed by atoms with Gasteiger partial charge in [-0.1, -0.05) is 12.1 Å². The van der Waals surface area contributed by atoms with Crippen LogP contribution in [0.15, 0.2) is 53.4 Å². The summed E-state index contributed by atoms with van der Waals surface area (Å²) in [5.41, 5.74) is 0.662. The Bertz CT molecular complexity index is 975. The van der Waals surface area contributed by atoms with Gasteiger partial charge in [-0.3, -0.25) is 4.90 Å². The van der Waals surface area contributed by atoms with Gasteiger partial charge in [-0.2, -0.15) is 22.7 Å². The average molecular weight is 409 g/mol. The molecule has 9 heteroatoms. The molecule has 5 nitrogen and oxygen atoms in total. The summed E-state index contributed by atoms with van der Waals surface area (Å²) in [4.78, 5) is 1.94. The molecule has 1 fully saturated rings. The fourth-order valence-corrected chi connectivity index (χ4v) is 4.51. The lowest BCUT2D eigenvalue weighted by Crippen LogP contribution is -2.48. The van der Waals surface area contributed by atoms with E-state index in [4.69, 9.17) is 5.26 Å². The largest absolute Gasteiger partial charge is 0.416 e. The van der Waals surface area contributed by atoms with E-state index in [1.165, 1.54) is 4.31 Å². The third kappa shape index (κ3) is 4.52. The van der Waals surface area contributed by atoms with Gasteiger partial charge in [0.1, 0.15) is 0 Å². The second kappa shape index (κ2) is 7.91. The van der Waals surface area contributed by atoms with Crippen molar-refractivity contribution in [2.75, 3.05) is 26.2 Å². The molecule has 0 unspecified atom stereocenters. The molecular formula is C19H18F3N3O2S. The van der Waals surface area contributed by atoms with Crippen LogP contribution in [0, 0.1) is 11.3 Å². The molecule has 0 N–H and O–H groups in total. The van der Waals surface area contributed by atoms with E-state index in [0.717, 1.165) is 29.8 Å². The molecule has 2 aromatic carbocycles. The van der Waals surface area contributed by atoms with Gasteiger partial charge in [0.15, 0.2) is 0 Å². The lowest BCUT2D eigenvalue weighted by Gasteiger charge is -2.34. The number of piperazine rings is 1. The lowest BCUT2D eigenvalue weighted by molar-refractivity contribution is -0.137. The summed E-state index contributed by atoms with van der Waals surface area (Å²) in [7, 11) is -3.83. The minimum Gasteiger partial charge on any atom is -0.296 e. The molecule has 0 spiro atoms. The van der Waals surface area contributed by atoms with Gasteiger partial charge in [-0.25, -0.2) is 8.42 Å². The maximum Gasteiger partial charge on any atom is 0.416 e. The molecule has 0 amide bonds. The van der Waals surface area contributed by atoms with Crippen molar-refractivity contribution in [1.82, 2.24) is 9.21 Å². The minimum atomic E-state index is -4.50. The number of halogens is 3.